The number of hydrogen-bond acceptors (Lipinski definition) is 4. The third kappa shape index (κ3) is 4.32. The summed E-state index contributed by atoms with van der Waals surface area (Å²) in [6, 6.07) is 9.43. The van der Waals surface area contributed by atoms with Gasteiger partial charge in [-0.05, 0) is 49.6 Å². The van der Waals surface area contributed by atoms with E-state index in [9.17, 15) is 13.9 Å². The molecule has 1 fully saturated rings. The fourth-order valence-electron chi connectivity index (χ4n) is 3.26. The van der Waals surface area contributed by atoms with Gasteiger partial charge in [-0.1, -0.05) is 12.1 Å². The molecule has 2 atom stereocenters. The average Bonchev–Trinajstić information content (AvgIpc) is 2.64. The van der Waals surface area contributed by atoms with Crippen LogP contribution in [0, 0.1) is 11.6 Å². The Labute approximate surface area is 146 Å². The standard InChI is InChI=1S/C19H23F2N3O/c1-13(19(25)14-5-6-16(20)17(21)12-14)23-15-7-10-24(11-8-15)18-4-2-3-9-22-18/h2-6,9,12-13,15,19,23,25H,7-8,10-11H2,1H3. The summed E-state index contributed by atoms with van der Waals surface area (Å²) in [5.74, 6) is -0.860. The van der Waals surface area contributed by atoms with E-state index in [-0.39, 0.29) is 12.1 Å². The number of benzene rings is 1. The minimum atomic E-state index is -0.938. The minimum absolute atomic E-state index is 0.253. The van der Waals surface area contributed by atoms with Crippen molar-refractivity contribution < 1.29 is 13.9 Å². The molecule has 2 aromatic rings. The molecule has 1 saturated heterocycles. The number of hydrogen-bond donors (Lipinski definition) is 2. The van der Waals surface area contributed by atoms with E-state index in [1.165, 1.54) is 6.07 Å². The van der Waals surface area contributed by atoms with E-state index in [2.05, 4.69) is 15.2 Å². The summed E-state index contributed by atoms with van der Waals surface area (Å²) >= 11 is 0. The average molecular weight is 347 g/mol. The Morgan fingerprint density at radius 2 is 1.92 bits per heavy atom. The lowest BCUT2D eigenvalue weighted by atomic mass is 9.99. The third-order valence-corrected chi connectivity index (χ3v) is 4.73. The van der Waals surface area contributed by atoms with Crippen molar-refractivity contribution in [2.45, 2.75) is 38.0 Å². The number of aromatic nitrogens is 1. The molecule has 0 bridgehead atoms. The zero-order valence-corrected chi connectivity index (χ0v) is 14.2. The molecule has 1 aliphatic rings. The molecule has 1 aromatic carbocycles. The molecular formula is C19H23F2N3O. The van der Waals surface area contributed by atoms with Gasteiger partial charge >= 0.3 is 0 Å². The molecule has 1 aliphatic heterocycles. The summed E-state index contributed by atoms with van der Waals surface area (Å²) < 4.78 is 26.4. The highest BCUT2D eigenvalue weighted by Gasteiger charge is 2.24. The Kier molecular flexibility index (Phi) is 5.60. The first-order chi connectivity index (χ1) is 12.0. The van der Waals surface area contributed by atoms with Crippen molar-refractivity contribution in [3.05, 3.63) is 59.8 Å². The number of nitrogens with zero attached hydrogens (tertiary/aromatic N) is 2. The smallest absolute Gasteiger partial charge is 0.159 e. The van der Waals surface area contributed by atoms with Crippen molar-refractivity contribution >= 4 is 5.82 Å². The van der Waals surface area contributed by atoms with Gasteiger partial charge < -0.3 is 15.3 Å². The van der Waals surface area contributed by atoms with Gasteiger partial charge in [0, 0.05) is 31.4 Å². The molecule has 4 nitrogen and oxygen atoms in total. The van der Waals surface area contributed by atoms with E-state index in [1.54, 1.807) is 6.20 Å². The van der Waals surface area contributed by atoms with E-state index in [4.69, 9.17) is 0 Å². The van der Waals surface area contributed by atoms with Gasteiger partial charge in [-0.15, -0.1) is 0 Å². The Bertz CT molecular complexity index is 690. The van der Waals surface area contributed by atoms with E-state index < -0.39 is 17.7 Å². The predicted molar refractivity (Wildman–Crippen MR) is 93.4 cm³/mol. The predicted octanol–water partition coefficient (Wildman–Crippen LogP) is 3.04. The van der Waals surface area contributed by atoms with Crippen LogP contribution in [0.25, 0.3) is 0 Å². The number of anilines is 1. The summed E-state index contributed by atoms with van der Waals surface area (Å²) in [6.45, 7) is 3.64. The second-order valence-electron chi connectivity index (χ2n) is 6.52. The van der Waals surface area contributed by atoms with Crippen LogP contribution in [0.5, 0.6) is 0 Å². The van der Waals surface area contributed by atoms with E-state index in [1.807, 2.05) is 25.1 Å². The van der Waals surface area contributed by atoms with Crippen molar-refractivity contribution in [3.63, 3.8) is 0 Å². The van der Waals surface area contributed by atoms with Crippen LogP contribution in [-0.4, -0.2) is 35.3 Å². The first kappa shape index (κ1) is 17.8. The number of aliphatic hydroxyl groups excluding tert-OH is 1. The monoisotopic (exact) mass is 347 g/mol. The van der Waals surface area contributed by atoms with Gasteiger partial charge in [0.05, 0.1) is 6.10 Å². The summed E-state index contributed by atoms with van der Waals surface area (Å²) in [4.78, 5) is 6.62. The maximum atomic E-state index is 13.3. The first-order valence-electron chi connectivity index (χ1n) is 8.59. The lowest BCUT2D eigenvalue weighted by Gasteiger charge is -2.35. The van der Waals surface area contributed by atoms with Crippen molar-refractivity contribution in [1.82, 2.24) is 10.3 Å². The van der Waals surface area contributed by atoms with Crippen LogP contribution in [0.2, 0.25) is 0 Å². The van der Waals surface area contributed by atoms with Crippen LogP contribution in [0.3, 0.4) is 0 Å². The van der Waals surface area contributed by atoms with Crippen molar-refractivity contribution in [1.29, 1.82) is 0 Å². The zero-order chi connectivity index (χ0) is 17.8. The maximum Gasteiger partial charge on any atom is 0.159 e. The molecule has 3 rings (SSSR count). The van der Waals surface area contributed by atoms with Crippen LogP contribution in [0.15, 0.2) is 42.6 Å². The SMILES string of the molecule is CC(NC1CCN(c2ccccn2)CC1)C(O)c1ccc(F)c(F)c1. The van der Waals surface area contributed by atoms with E-state index >= 15 is 0 Å². The number of aliphatic hydroxyl groups is 1. The highest BCUT2D eigenvalue weighted by molar-refractivity contribution is 5.38. The number of piperidine rings is 1. The van der Waals surface area contributed by atoms with Crippen molar-refractivity contribution in [2.75, 3.05) is 18.0 Å². The fourth-order valence-corrected chi connectivity index (χ4v) is 3.26. The third-order valence-electron chi connectivity index (χ3n) is 4.73. The number of rotatable bonds is 5. The highest BCUT2D eigenvalue weighted by atomic mass is 19.2. The molecule has 0 amide bonds. The normalized spacial score (nSPS) is 18.2. The Morgan fingerprint density at radius 1 is 1.16 bits per heavy atom. The summed E-state index contributed by atoms with van der Waals surface area (Å²) in [5, 5.41) is 13.8. The molecule has 1 aromatic heterocycles. The van der Waals surface area contributed by atoms with E-state index in [0.29, 0.717) is 5.56 Å². The van der Waals surface area contributed by atoms with Gasteiger partial charge in [0.2, 0.25) is 0 Å². The minimum Gasteiger partial charge on any atom is -0.387 e. The molecule has 25 heavy (non-hydrogen) atoms. The first-order valence-corrected chi connectivity index (χ1v) is 8.59. The maximum absolute atomic E-state index is 13.3. The lowest BCUT2D eigenvalue weighted by Crippen LogP contribution is -2.47. The van der Waals surface area contributed by atoms with Gasteiger partial charge in [-0.3, -0.25) is 0 Å². The van der Waals surface area contributed by atoms with E-state index in [0.717, 1.165) is 43.9 Å². The van der Waals surface area contributed by atoms with Gasteiger partial charge in [0.1, 0.15) is 5.82 Å². The molecular weight excluding hydrogens is 324 g/mol. The summed E-state index contributed by atoms with van der Waals surface area (Å²) in [5.41, 5.74) is 0.379. The molecule has 0 radical (unpaired) electrons. The van der Waals surface area contributed by atoms with Crippen molar-refractivity contribution in [3.8, 4) is 0 Å². The fraction of sp³-hybridized carbons (Fsp3) is 0.421. The highest BCUT2D eigenvalue weighted by Crippen LogP contribution is 2.22. The largest absolute Gasteiger partial charge is 0.387 e. The number of pyridine rings is 1. The van der Waals surface area contributed by atoms with Gasteiger partial charge in [0.15, 0.2) is 11.6 Å². The molecule has 0 spiro atoms. The quantitative estimate of drug-likeness (QED) is 0.873. The van der Waals surface area contributed by atoms with Crippen LogP contribution in [0.1, 0.15) is 31.4 Å². The topological polar surface area (TPSA) is 48.4 Å². The second-order valence-corrected chi connectivity index (χ2v) is 6.52. The molecule has 0 aliphatic carbocycles. The van der Waals surface area contributed by atoms with Crippen LogP contribution in [-0.2, 0) is 0 Å². The molecule has 2 N–H and O–H groups in total. The second kappa shape index (κ2) is 7.89. The number of halogens is 2. The molecule has 2 heterocycles. The molecule has 134 valence electrons. The number of nitrogens with one attached hydrogen (secondary N) is 1. The Hall–Kier alpha value is -2.05. The molecule has 2 unspecified atom stereocenters. The lowest BCUT2D eigenvalue weighted by molar-refractivity contribution is 0.126. The van der Waals surface area contributed by atoms with Crippen LogP contribution >= 0.6 is 0 Å². The van der Waals surface area contributed by atoms with Crippen LogP contribution < -0.4 is 10.2 Å². The molecule has 0 saturated carbocycles. The van der Waals surface area contributed by atoms with Gasteiger partial charge in [-0.2, -0.15) is 0 Å². The summed E-state index contributed by atoms with van der Waals surface area (Å²) in [6.07, 6.45) is 2.78. The Morgan fingerprint density at radius 3 is 2.56 bits per heavy atom. The zero-order valence-electron chi connectivity index (χ0n) is 14.2. The van der Waals surface area contributed by atoms with Gasteiger partial charge in [0.25, 0.3) is 0 Å². The van der Waals surface area contributed by atoms with Gasteiger partial charge in [-0.25, -0.2) is 13.8 Å². The van der Waals surface area contributed by atoms with Crippen LogP contribution in [0.4, 0.5) is 14.6 Å². The van der Waals surface area contributed by atoms with Crippen molar-refractivity contribution in [2.24, 2.45) is 0 Å². The molecule has 6 heteroatoms. The Balaban J connectivity index is 1.53. The summed E-state index contributed by atoms with van der Waals surface area (Å²) in [7, 11) is 0.